The monoisotopic (exact) mass is 352 g/mol. The van der Waals surface area contributed by atoms with Crippen LogP contribution in [0.25, 0.3) is 17.0 Å². The van der Waals surface area contributed by atoms with Crippen molar-refractivity contribution in [2.24, 2.45) is 5.16 Å². The van der Waals surface area contributed by atoms with Gasteiger partial charge < -0.3 is 10.1 Å². The number of benzene rings is 1. The number of rotatable bonds is 5. The van der Waals surface area contributed by atoms with E-state index in [0.29, 0.717) is 11.8 Å². The molecule has 0 amide bonds. The van der Waals surface area contributed by atoms with Crippen molar-refractivity contribution < 1.29 is 5.21 Å². The second-order valence-corrected chi connectivity index (χ2v) is 7.22. The first-order valence-electron chi connectivity index (χ1n) is 9.32. The quantitative estimate of drug-likeness (QED) is 0.355. The normalized spacial score (nSPS) is 17.0. The van der Waals surface area contributed by atoms with Crippen LogP contribution in [-0.2, 0) is 0 Å². The number of fused-ring (bicyclic) bond motifs is 1. The fraction of sp³-hybridized carbons (Fsp3) is 0.429. The van der Waals surface area contributed by atoms with Crippen LogP contribution in [0.2, 0.25) is 0 Å². The second kappa shape index (κ2) is 8.21. The molecule has 0 spiro atoms. The SMILES string of the molecule is CC(/C=C\C=C\c1cc2cn(C3CCCCC3)nc2cc1N(C)C)=N\O. The maximum Gasteiger partial charge on any atom is 0.0944 e. The molecule has 1 fully saturated rings. The van der Waals surface area contributed by atoms with Crippen LogP contribution in [-0.4, -0.2) is 34.8 Å². The van der Waals surface area contributed by atoms with Crippen molar-refractivity contribution >= 4 is 28.4 Å². The Morgan fingerprint density at radius 1 is 1.23 bits per heavy atom. The van der Waals surface area contributed by atoms with Crippen molar-refractivity contribution in [3.05, 3.63) is 42.1 Å². The lowest BCUT2D eigenvalue weighted by molar-refractivity contribution is 0.319. The number of hydrogen-bond acceptors (Lipinski definition) is 4. The Kier molecular flexibility index (Phi) is 5.76. The Bertz CT molecular complexity index is 839. The second-order valence-electron chi connectivity index (χ2n) is 7.22. The van der Waals surface area contributed by atoms with E-state index < -0.39 is 0 Å². The van der Waals surface area contributed by atoms with Gasteiger partial charge in [-0.25, -0.2) is 0 Å². The third-order valence-electron chi connectivity index (χ3n) is 4.98. The Morgan fingerprint density at radius 2 is 2.00 bits per heavy atom. The summed E-state index contributed by atoms with van der Waals surface area (Å²) < 4.78 is 2.18. The molecule has 1 aromatic carbocycles. The lowest BCUT2D eigenvalue weighted by atomic mass is 9.96. The van der Waals surface area contributed by atoms with E-state index in [9.17, 15) is 0 Å². The summed E-state index contributed by atoms with van der Waals surface area (Å²) >= 11 is 0. The van der Waals surface area contributed by atoms with Gasteiger partial charge in [-0.1, -0.05) is 42.6 Å². The molecule has 1 aliphatic carbocycles. The summed E-state index contributed by atoms with van der Waals surface area (Å²) in [6.07, 6.45) is 16.3. The van der Waals surface area contributed by atoms with Crippen LogP contribution in [0.1, 0.15) is 50.6 Å². The van der Waals surface area contributed by atoms with E-state index in [4.69, 9.17) is 10.3 Å². The molecule has 26 heavy (non-hydrogen) atoms. The van der Waals surface area contributed by atoms with Gasteiger partial charge in [0, 0.05) is 31.4 Å². The molecule has 0 radical (unpaired) electrons. The molecule has 0 bridgehead atoms. The van der Waals surface area contributed by atoms with Gasteiger partial charge in [0.15, 0.2) is 0 Å². The van der Waals surface area contributed by atoms with Crippen LogP contribution in [0.5, 0.6) is 0 Å². The van der Waals surface area contributed by atoms with Gasteiger partial charge in [-0.2, -0.15) is 5.10 Å². The lowest BCUT2D eigenvalue weighted by Gasteiger charge is -2.21. The van der Waals surface area contributed by atoms with E-state index in [-0.39, 0.29) is 0 Å². The number of nitrogens with zero attached hydrogens (tertiary/aromatic N) is 4. The third-order valence-corrected chi connectivity index (χ3v) is 4.98. The van der Waals surface area contributed by atoms with Crippen molar-refractivity contribution in [3.8, 4) is 0 Å². The number of aromatic nitrogens is 2. The minimum atomic E-state index is 0.543. The van der Waals surface area contributed by atoms with Gasteiger partial charge in [0.2, 0.25) is 0 Å². The molecule has 1 aliphatic rings. The highest BCUT2D eigenvalue weighted by Gasteiger charge is 2.17. The molecule has 1 saturated carbocycles. The van der Waals surface area contributed by atoms with Crippen LogP contribution < -0.4 is 4.90 Å². The van der Waals surface area contributed by atoms with Gasteiger partial charge in [0.25, 0.3) is 0 Å². The molecule has 1 aromatic heterocycles. The van der Waals surface area contributed by atoms with Gasteiger partial charge in [-0.05, 0) is 43.5 Å². The van der Waals surface area contributed by atoms with E-state index in [0.717, 1.165) is 16.8 Å². The highest BCUT2D eigenvalue weighted by atomic mass is 16.4. The Morgan fingerprint density at radius 3 is 2.69 bits per heavy atom. The summed E-state index contributed by atoms with van der Waals surface area (Å²) in [7, 11) is 4.10. The molecule has 1 N–H and O–H groups in total. The fourth-order valence-corrected chi connectivity index (χ4v) is 3.54. The maximum absolute atomic E-state index is 8.69. The molecular weight excluding hydrogens is 324 g/mol. The van der Waals surface area contributed by atoms with Crippen molar-refractivity contribution in [2.45, 2.75) is 45.1 Å². The molecular formula is C21H28N4O. The van der Waals surface area contributed by atoms with E-state index in [1.807, 2.05) is 12.2 Å². The summed E-state index contributed by atoms with van der Waals surface area (Å²) in [5.74, 6) is 0. The Balaban J connectivity index is 1.92. The summed E-state index contributed by atoms with van der Waals surface area (Å²) in [6, 6.07) is 4.91. The highest BCUT2D eigenvalue weighted by Crippen LogP contribution is 2.31. The largest absolute Gasteiger partial charge is 0.411 e. The summed E-state index contributed by atoms with van der Waals surface area (Å²) in [5, 5.41) is 17.9. The van der Waals surface area contributed by atoms with Crippen LogP contribution in [0.15, 0.2) is 41.7 Å². The zero-order valence-electron chi connectivity index (χ0n) is 15.9. The van der Waals surface area contributed by atoms with E-state index in [1.165, 1.54) is 37.5 Å². The predicted molar refractivity (Wildman–Crippen MR) is 109 cm³/mol. The average molecular weight is 352 g/mol. The summed E-state index contributed by atoms with van der Waals surface area (Å²) in [5.41, 5.74) is 3.92. The van der Waals surface area contributed by atoms with Gasteiger partial charge in [0.1, 0.15) is 0 Å². The van der Waals surface area contributed by atoms with Crippen molar-refractivity contribution in [2.75, 3.05) is 19.0 Å². The van der Waals surface area contributed by atoms with Crippen molar-refractivity contribution in [3.63, 3.8) is 0 Å². The Hall–Kier alpha value is -2.56. The Labute approximate surface area is 155 Å². The number of hydrogen-bond donors (Lipinski definition) is 1. The van der Waals surface area contributed by atoms with Gasteiger partial charge >= 0.3 is 0 Å². The van der Waals surface area contributed by atoms with Crippen LogP contribution >= 0.6 is 0 Å². The molecule has 3 rings (SSSR count). The smallest absolute Gasteiger partial charge is 0.0944 e. The molecule has 2 aromatic rings. The zero-order valence-corrected chi connectivity index (χ0v) is 15.9. The molecule has 0 saturated heterocycles. The minimum Gasteiger partial charge on any atom is -0.411 e. The maximum atomic E-state index is 8.69. The topological polar surface area (TPSA) is 53.7 Å². The van der Waals surface area contributed by atoms with Crippen LogP contribution in [0, 0.1) is 0 Å². The van der Waals surface area contributed by atoms with E-state index >= 15 is 0 Å². The molecule has 1 heterocycles. The van der Waals surface area contributed by atoms with Crippen molar-refractivity contribution in [1.29, 1.82) is 0 Å². The van der Waals surface area contributed by atoms with E-state index in [1.54, 1.807) is 13.0 Å². The molecule has 138 valence electrons. The number of allylic oxidation sites excluding steroid dienone is 3. The highest BCUT2D eigenvalue weighted by molar-refractivity contribution is 5.92. The van der Waals surface area contributed by atoms with Gasteiger partial charge in [0.05, 0.1) is 17.3 Å². The predicted octanol–water partition coefficient (Wildman–Crippen LogP) is 5.03. The van der Waals surface area contributed by atoms with Crippen LogP contribution in [0.3, 0.4) is 0 Å². The lowest BCUT2D eigenvalue weighted by Crippen LogP contribution is -2.13. The molecule has 0 atom stereocenters. The number of oxime groups is 1. The summed E-state index contributed by atoms with van der Waals surface area (Å²) in [6.45, 7) is 1.75. The van der Waals surface area contributed by atoms with Crippen LogP contribution in [0.4, 0.5) is 5.69 Å². The fourth-order valence-electron chi connectivity index (χ4n) is 3.54. The average Bonchev–Trinajstić information content (AvgIpc) is 3.08. The first-order chi connectivity index (χ1) is 12.6. The molecule has 0 unspecified atom stereocenters. The van der Waals surface area contributed by atoms with Gasteiger partial charge in [-0.15, -0.1) is 0 Å². The molecule has 5 nitrogen and oxygen atoms in total. The first kappa shape index (κ1) is 18.2. The number of anilines is 1. The third kappa shape index (κ3) is 4.15. The van der Waals surface area contributed by atoms with E-state index in [2.05, 4.69) is 53.2 Å². The minimum absolute atomic E-state index is 0.543. The molecule has 0 aliphatic heterocycles. The first-order valence-corrected chi connectivity index (χ1v) is 9.32. The van der Waals surface area contributed by atoms with Crippen molar-refractivity contribution in [1.82, 2.24) is 9.78 Å². The molecule has 5 heteroatoms. The zero-order chi connectivity index (χ0) is 18.5. The standard InChI is InChI=1S/C21H28N4O/c1-16(23-26)9-7-8-10-17-13-18-15-25(19-11-5-4-6-12-19)22-20(18)14-21(17)24(2)3/h7-10,13-15,19,26H,4-6,11-12H2,1-3H3/b9-7-,10-8+,23-16+. The van der Waals surface area contributed by atoms with Gasteiger partial charge in [-0.3, -0.25) is 4.68 Å². The summed E-state index contributed by atoms with van der Waals surface area (Å²) in [4.78, 5) is 2.11.